The van der Waals surface area contributed by atoms with Gasteiger partial charge in [-0.05, 0) is 47.7 Å². The monoisotopic (exact) mass is 528 g/mol. The highest BCUT2D eigenvalue weighted by Crippen LogP contribution is 2.54. The third-order valence-electron chi connectivity index (χ3n) is 7.13. The number of aliphatic hydroxyl groups is 1. The molecule has 0 amide bonds. The molecule has 3 aromatic carbocycles. The maximum atomic E-state index is 11.8. The fourth-order valence-electron chi connectivity index (χ4n) is 5.17. The van der Waals surface area contributed by atoms with Gasteiger partial charge in [0.25, 0.3) is 0 Å². The summed E-state index contributed by atoms with van der Waals surface area (Å²) in [7, 11) is 9.50. The van der Waals surface area contributed by atoms with Crippen molar-refractivity contribution in [3.05, 3.63) is 35.4 Å². The number of rotatable bonds is 13. The van der Waals surface area contributed by atoms with Gasteiger partial charge in [0.15, 0.2) is 29.8 Å². The van der Waals surface area contributed by atoms with Crippen LogP contribution in [0.1, 0.15) is 43.9 Å². The second-order valence-corrected chi connectivity index (χ2v) is 8.95. The van der Waals surface area contributed by atoms with Gasteiger partial charge in [0.05, 0.1) is 41.7 Å². The molecule has 3 aromatic rings. The molecule has 0 saturated carbocycles. The highest BCUT2D eigenvalue weighted by Gasteiger charge is 2.31. The molecule has 208 valence electrons. The second kappa shape index (κ2) is 12.9. The van der Waals surface area contributed by atoms with Gasteiger partial charge in [-0.1, -0.05) is 32.8 Å². The Balaban J connectivity index is 2.62. The summed E-state index contributed by atoms with van der Waals surface area (Å²) in [6.45, 7) is 6.15. The first-order chi connectivity index (χ1) is 18.4. The minimum Gasteiger partial charge on any atom is -0.493 e. The predicted octanol–water partition coefficient (Wildman–Crippen LogP) is 6.31. The zero-order valence-electron chi connectivity index (χ0n) is 23.9. The van der Waals surface area contributed by atoms with Crippen molar-refractivity contribution in [1.82, 2.24) is 0 Å². The molecule has 0 saturated heterocycles. The molecular weight excluding hydrogens is 488 g/mol. The summed E-state index contributed by atoms with van der Waals surface area (Å²) in [5, 5.41) is 13.2. The van der Waals surface area contributed by atoms with Crippen molar-refractivity contribution in [3.63, 3.8) is 0 Å². The second-order valence-electron chi connectivity index (χ2n) is 8.95. The van der Waals surface area contributed by atoms with Crippen LogP contribution >= 0.6 is 0 Å². The zero-order chi connectivity index (χ0) is 28.0. The van der Waals surface area contributed by atoms with Crippen molar-refractivity contribution in [3.8, 4) is 45.6 Å². The maximum Gasteiger partial charge on any atom is 0.203 e. The van der Waals surface area contributed by atoms with E-state index in [1.807, 2.05) is 31.2 Å². The maximum absolute atomic E-state index is 11.8. The lowest BCUT2D eigenvalue weighted by atomic mass is 9.82. The minimum absolute atomic E-state index is 0.00351. The fraction of sp³-hybridized carbons (Fsp3) is 0.467. The molecule has 0 bridgehead atoms. The molecule has 8 nitrogen and oxygen atoms in total. The summed E-state index contributed by atoms with van der Waals surface area (Å²) in [4.78, 5) is 0. The highest BCUT2D eigenvalue weighted by atomic mass is 16.7. The van der Waals surface area contributed by atoms with Crippen LogP contribution in [0.2, 0.25) is 0 Å². The van der Waals surface area contributed by atoms with Crippen LogP contribution in [-0.2, 0) is 4.74 Å². The van der Waals surface area contributed by atoms with Crippen molar-refractivity contribution in [2.24, 2.45) is 5.92 Å². The Morgan fingerprint density at radius 2 is 1.37 bits per heavy atom. The Bertz CT molecular complexity index is 1250. The summed E-state index contributed by atoms with van der Waals surface area (Å²) < 4.78 is 40.0. The van der Waals surface area contributed by atoms with Gasteiger partial charge >= 0.3 is 0 Å². The first-order valence-corrected chi connectivity index (χ1v) is 12.7. The molecule has 3 rings (SSSR count). The molecule has 8 heteroatoms. The number of ether oxygens (including phenoxy) is 7. The van der Waals surface area contributed by atoms with Gasteiger partial charge in [0, 0.05) is 23.4 Å². The van der Waals surface area contributed by atoms with E-state index >= 15 is 0 Å². The average Bonchev–Trinajstić information content (AvgIpc) is 2.94. The number of hydrogen-bond acceptors (Lipinski definition) is 8. The average molecular weight is 529 g/mol. The third kappa shape index (κ3) is 5.15. The number of benzene rings is 3. The van der Waals surface area contributed by atoms with Crippen LogP contribution in [-0.4, -0.2) is 54.6 Å². The van der Waals surface area contributed by atoms with Gasteiger partial charge in [0.2, 0.25) is 5.75 Å². The topological polar surface area (TPSA) is 84.8 Å². The SMILES string of the molecule is CCC(CC)C(O)c1c(C)c(-c2ccc(OC)c(OC)c2)c2c(OC)c(OC)c(OC)cc2c1OCOC. The van der Waals surface area contributed by atoms with Crippen LogP contribution in [0.3, 0.4) is 0 Å². The van der Waals surface area contributed by atoms with E-state index in [1.165, 1.54) is 0 Å². The predicted molar refractivity (Wildman–Crippen MR) is 148 cm³/mol. The van der Waals surface area contributed by atoms with Crippen molar-refractivity contribution in [1.29, 1.82) is 0 Å². The van der Waals surface area contributed by atoms with Crippen LogP contribution in [0.25, 0.3) is 21.9 Å². The van der Waals surface area contributed by atoms with E-state index in [0.29, 0.717) is 45.4 Å². The molecule has 0 aliphatic heterocycles. The van der Waals surface area contributed by atoms with Crippen molar-refractivity contribution >= 4 is 10.8 Å². The largest absolute Gasteiger partial charge is 0.493 e. The van der Waals surface area contributed by atoms with E-state index < -0.39 is 6.10 Å². The van der Waals surface area contributed by atoms with E-state index in [1.54, 1.807) is 42.7 Å². The van der Waals surface area contributed by atoms with Crippen molar-refractivity contribution < 1.29 is 38.3 Å². The van der Waals surface area contributed by atoms with E-state index in [-0.39, 0.29) is 12.7 Å². The van der Waals surface area contributed by atoms with Gasteiger partial charge in [0.1, 0.15) is 5.75 Å². The summed E-state index contributed by atoms with van der Waals surface area (Å²) in [6, 6.07) is 7.59. The van der Waals surface area contributed by atoms with Gasteiger partial charge in [-0.2, -0.15) is 0 Å². The van der Waals surface area contributed by atoms with Crippen molar-refractivity contribution in [2.45, 2.75) is 39.7 Å². The molecular formula is C30H40O8. The van der Waals surface area contributed by atoms with Crippen molar-refractivity contribution in [2.75, 3.05) is 49.5 Å². The Hall–Kier alpha value is -3.36. The van der Waals surface area contributed by atoms with Gasteiger partial charge < -0.3 is 38.3 Å². The van der Waals surface area contributed by atoms with Crippen LogP contribution in [0.4, 0.5) is 0 Å². The standard InChI is InChI=1S/C30H40O8/c1-10-18(11-2)27(31)25-17(3)24(19-12-13-21(33-5)22(14-19)34-6)26-20(28(25)38-16-32-4)15-23(35-7)29(36-8)30(26)37-9/h12-15,18,27,31H,10-11,16H2,1-9H3. The fourth-order valence-corrected chi connectivity index (χ4v) is 5.17. The number of methoxy groups -OCH3 is 6. The smallest absolute Gasteiger partial charge is 0.203 e. The summed E-state index contributed by atoms with van der Waals surface area (Å²) in [5.41, 5.74) is 3.25. The lowest BCUT2D eigenvalue weighted by molar-refractivity contribution is 0.0455. The Kier molecular flexibility index (Phi) is 9.94. The van der Waals surface area contributed by atoms with Crippen LogP contribution in [0.5, 0.6) is 34.5 Å². The quantitative estimate of drug-likeness (QED) is 0.258. The summed E-state index contributed by atoms with van der Waals surface area (Å²) >= 11 is 0. The lowest BCUT2D eigenvalue weighted by Gasteiger charge is -2.29. The molecule has 0 spiro atoms. The molecule has 0 aromatic heterocycles. The number of hydrogen-bond donors (Lipinski definition) is 1. The molecule has 0 aliphatic rings. The first-order valence-electron chi connectivity index (χ1n) is 12.7. The van der Waals surface area contributed by atoms with E-state index in [0.717, 1.165) is 34.9 Å². The van der Waals surface area contributed by atoms with E-state index in [4.69, 9.17) is 33.2 Å². The molecule has 0 heterocycles. The molecule has 0 radical (unpaired) electrons. The van der Waals surface area contributed by atoms with Crippen LogP contribution in [0, 0.1) is 12.8 Å². The molecule has 1 unspecified atom stereocenters. The summed E-state index contributed by atoms with van der Waals surface area (Å²) in [5.74, 6) is 3.15. The minimum atomic E-state index is -0.778. The third-order valence-corrected chi connectivity index (χ3v) is 7.13. The number of aliphatic hydroxyl groups excluding tert-OH is 1. The number of fused-ring (bicyclic) bond motifs is 1. The summed E-state index contributed by atoms with van der Waals surface area (Å²) in [6.07, 6.45) is 0.832. The van der Waals surface area contributed by atoms with E-state index in [9.17, 15) is 5.11 Å². The Morgan fingerprint density at radius 3 is 1.89 bits per heavy atom. The zero-order valence-corrected chi connectivity index (χ0v) is 23.9. The molecule has 38 heavy (non-hydrogen) atoms. The Labute approximate surface area is 225 Å². The molecule has 1 atom stereocenters. The molecule has 1 N–H and O–H groups in total. The van der Waals surface area contributed by atoms with Gasteiger partial charge in [-0.3, -0.25) is 0 Å². The van der Waals surface area contributed by atoms with Gasteiger partial charge in [-0.15, -0.1) is 0 Å². The highest BCUT2D eigenvalue weighted by molar-refractivity contribution is 6.09. The van der Waals surface area contributed by atoms with Crippen LogP contribution < -0.4 is 28.4 Å². The lowest BCUT2D eigenvalue weighted by Crippen LogP contribution is -2.16. The van der Waals surface area contributed by atoms with Gasteiger partial charge in [-0.25, -0.2) is 0 Å². The normalized spacial score (nSPS) is 12.0. The molecule has 0 fully saturated rings. The van der Waals surface area contributed by atoms with E-state index in [2.05, 4.69) is 13.8 Å². The Morgan fingerprint density at radius 1 is 0.737 bits per heavy atom. The van der Waals surface area contributed by atoms with Crippen LogP contribution in [0.15, 0.2) is 24.3 Å². The molecule has 0 aliphatic carbocycles. The first kappa shape index (κ1) is 29.2.